The van der Waals surface area contributed by atoms with Crippen LogP contribution in [0.15, 0.2) is 52.5 Å². The van der Waals surface area contributed by atoms with Crippen molar-refractivity contribution in [2.45, 2.75) is 53.5 Å². The van der Waals surface area contributed by atoms with E-state index in [1.807, 2.05) is 32.0 Å². The molecule has 2 aromatic rings. The van der Waals surface area contributed by atoms with Crippen molar-refractivity contribution < 1.29 is 23.1 Å². The molecule has 198 valence electrons. The van der Waals surface area contributed by atoms with Gasteiger partial charge in [0.15, 0.2) is 0 Å². The summed E-state index contributed by atoms with van der Waals surface area (Å²) in [7, 11) is -4.31. The number of aromatic nitrogens is 2. The number of anilines is 1. The van der Waals surface area contributed by atoms with E-state index < -0.39 is 16.2 Å². The highest BCUT2D eigenvalue weighted by molar-refractivity contribution is 7.91. The molecule has 0 bridgehead atoms. The lowest BCUT2D eigenvalue weighted by Gasteiger charge is -2.23. The fourth-order valence-corrected chi connectivity index (χ4v) is 4.82. The molecule has 1 aliphatic carbocycles. The van der Waals surface area contributed by atoms with E-state index in [0.29, 0.717) is 5.69 Å². The molecule has 1 heterocycles. The quantitative estimate of drug-likeness (QED) is 0.442. The topological polar surface area (TPSA) is 157 Å². The van der Waals surface area contributed by atoms with Gasteiger partial charge in [0.2, 0.25) is 11.8 Å². The maximum absolute atomic E-state index is 12.8. The molecule has 0 saturated carbocycles. The Hall–Kier alpha value is -3.57. The third kappa shape index (κ3) is 8.22. The Morgan fingerprint density at radius 3 is 2.54 bits per heavy atom. The van der Waals surface area contributed by atoms with Gasteiger partial charge in [-0.3, -0.25) is 0 Å². The molecule has 1 aromatic heterocycles. The lowest BCUT2D eigenvalue weighted by Crippen LogP contribution is -2.32. The summed E-state index contributed by atoms with van der Waals surface area (Å²) in [5.74, 6) is -1.20. The number of carboxylic acids is 1. The highest BCUT2D eigenvalue weighted by Crippen LogP contribution is 2.29. The number of carboxylic acid groups (broad SMARTS) is 1. The molecule has 0 aliphatic heterocycles. The number of nitrogens with zero attached hydrogens (tertiary/aromatic N) is 3. The normalized spacial score (nSPS) is 15.8. The zero-order valence-corrected chi connectivity index (χ0v) is 22.5. The van der Waals surface area contributed by atoms with Crippen LogP contribution in [0.4, 0.5) is 5.95 Å². The zero-order valence-electron chi connectivity index (χ0n) is 21.6. The Balaban J connectivity index is 1.94. The zero-order chi connectivity index (χ0) is 27.4. The van der Waals surface area contributed by atoms with Crippen molar-refractivity contribution in [3.8, 4) is 17.1 Å². The summed E-state index contributed by atoms with van der Waals surface area (Å²) in [6, 6.07) is 7.19. The Bertz CT molecular complexity index is 1350. The molecule has 37 heavy (non-hydrogen) atoms. The van der Waals surface area contributed by atoms with Crippen LogP contribution in [0.25, 0.3) is 11.3 Å². The Kier molecular flexibility index (Phi) is 8.49. The van der Waals surface area contributed by atoms with Crippen molar-refractivity contribution in [2.75, 3.05) is 11.3 Å². The molecule has 4 N–H and O–H groups in total. The van der Waals surface area contributed by atoms with Gasteiger partial charge in [0.05, 0.1) is 11.4 Å². The number of hydrogen-bond acceptors (Lipinski definition) is 7. The van der Waals surface area contributed by atoms with E-state index in [9.17, 15) is 18.3 Å². The molecule has 0 unspecified atom stereocenters. The Labute approximate surface area is 217 Å². The predicted molar refractivity (Wildman–Crippen MR) is 144 cm³/mol. The van der Waals surface area contributed by atoms with Crippen LogP contribution in [0.3, 0.4) is 0 Å². The van der Waals surface area contributed by atoms with Gasteiger partial charge in [-0.1, -0.05) is 51.1 Å². The summed E-state index contributed by atoms with van der Waals surface area (Å²) < 4.78 is 37.5. The number of benzene rings is 1. The van der Waals surface area contributed by atoms with Crippen LogP contribution in [-0.4, -0.2) is 47.8 Å². The number of rotatable bonds is 9. The first kappa shape index (κ1) is 28.0. The van der Waals surface area contributed by atoms with E-state index in [0.717, 1.165) is 23.1 Å². The van der Waals surface area contributed by atoms with Crippen molar-refractivity contribution in [3.63, 3.8) is 0 Å². The summed E-state index contributed by atoms with van der Waals surface area (Å²) >= 11 is 0. The molecule has 11 heteroatoms. The van der Waals surface area contributed by atoms with Crippen molar-refractivity contribution in [1.29, 1.82) is 0 Å². The molecule has 0 spiro atoms. The van der Waals surface area contributed by atoms with Crippen LogP contribution < -0.4 is 15.2 Å². The second kappa shape index (κ2) is 11.2. The molecule has 0 radical (unpaired) electrons. The number of carbonyl (C=O) groups is 1. The minimum absolute atomic E-state index is 0.0150. The minimum atomic E-state index is -4.31. The molecule has 0 fully saturated rings. The molecule has 3 rings (SSSR count). The highest BCUT2D eigenvalue weighted by Gasteiger charge is 2.20. The van der Waals surface area contributed by atoms with E-state index in [1.165, 1.54) is 18.2 Å². The molecule has 1 aromatic carbocycles. The maximum atomic E-state index is 12.8. The summed E-state index contributed by atoms with van der Waals surface area (Å²) in [6.07, 6.45) is 4.86. The van der Waals surface area contributed by atoms with E-state index >= 15 is 0 Å². The van der Waals surface area contributed by atoms with Gasteiger partial charge >= 0.3 is 16.2 Å². The second-order valence-corrected chi connectivity index (χ2v) is 11.5. The smallest absolute Gasteiger partial charge is 0.344 e. The predicted octanol–water partition coefficient (Wildman–Crippen LogP) is 3.97. The van der Waals surface area contributed by atoms with Gasteiger partial charge in [0.25, 0.3) is 0 Å². The number of hydrogen-bond donors (Lipinski definition) is 3. The first-order valence-corrected chi connectivity index (χ1v) is 13.2. The van der Waals surface area contributed by atoms with E-state index in [2.05, 4.69) is 39.9 Å². The SMILES string of the molecule is Cc1cccc(C)c1-c1cc(OC[C@H](N)CC(C)(C)C)nc(NS(=O)(=O)N=C2C=CC=C(C(=O)O)C2)n1. The molecule has 10 nitrogen and oxygen atoms in total. The van der Waals surface area contributed by atoms with Crippen LogP contribution in [0.5, 0.6) is 5.88 Å². The molecule has 1 aliphatic rings. The van der Waals surface area contributed by atoms with Crippen LogP contribution in [0, 0.1) is 19.3 Å². The number of nitrogens with two attached hydrogens (primary N) is 1. The van der Waals surface area contributed by atoms with Crippen molar-refractivity contribution in [1.82, 2.24) is 9.97 Å². The molecule has 0 amide bonds. The second-order valence-electron chi connectivity index (χ2n) is 10.2. The molecule has 0 saturated heterocycles. The highest BCUT2D eigenvalue weighted by atomic mass is 32.2. The van der Waals surface area contributed by atoms with Gasteiger partial charge in [0, 0.05) is 29.7 Å². The van der Waals surface area contributed by atoms with Crippen LogP contribution >= 0.6 is 0 Å². The number of aryl methyl sites for hydroxylation is 2. The van der Waals surface area contributed by atoms with Crippen LogP contribution in [0.2, 0.25) is 0 Å². The average molecular weight is 528 g/mol. The van der Waals surface area contributed by atoms with Gasteiger partial charge in [-0.15, -0.1) is 4.40 Å². The maximum Gasteiger partial charge on any atom is 0.344 e. The number of aliphatic carboxylic acids is 1. The standard InChI is InChI=1S/C26H33N5O5S/c1-16-8-6-9-17(2)23(16)21-13-22(36-15-19(27)14-26(3,4)5)29-25(28-21)31-37(34,35)30-20-11-7-10-18(12-20)24(32)33/h6-11,13,19H,12,14-15,27H2,1-5H3,(H,32,33)(H,28,29,31)/t19-/m1/s1. The Morgan fingerprint density at radius 1 is 1.24 bits per heavy atom. The third-order valence-electron chi connectivity index (χ3n) is 5.45. The van der Waals surface area contributed by atoms with Gasteiger partial charge < -0.3 is 15.6 Å². The molecular formula is C26H33N5O5S. The fourth-order valence-electron chi connectivity index (χ4n) is 4.02. The summed E-state index contributed by atoms with van der Waals surface area (Å²) in [4.78, 5) is 19.9. The Morgan fingerprint density at radius 2 is 1.92 bits per heavy atom. The molecular weight excluding hydrogens is 494 g/mol. The summed E-state index contributed by atoms with van der Waals surface area (Å²) in [6.45, 7) is 10.3. The van der Waals surface area contributed by atoms with Crippen molar-refractivity contribution >= 4 is 27.8 Å². The fraction of sp³-hybridized carbons (Fsp3) is 0.385. The third-order valence-corrected chi connectivity index (χ3v) is 6.37. The summed E-state index contributed by atoms with van der Waals surface area (Å²) in [5, 5.41) is 9.19. The van der Waals surface area contributed by atoms with Gasteiger partial charge in [-0.05, 0) is 42.9 Å². The van der Waals surface area contributed by atoms with Crippen LogP contribution in [0.1, 0.15) is 44.7 Å². The van der Waals surface area contributed by atoms with Crippen molar-refractivity contribution in [2.24, 2.45) is 15.5 Å². The van der Waals surface area contributed by atoms with Gasteiger partial charge in [-0.25, -0.2) is 14.5 Å². The lowest BCUT2D eigenvalue weighted by atomic mass is 9.89. The van der Waals surface area contributed by atoms with Crippen molar-refractivity contribution in [3.05, 3.63) is 59.2 Å². The summed E-state index contributed by atoms with van der Waals surface area (Å²) in [5.41, 5.74) is 9.55. The minimum Gasteiger partial charge on any atom is -0.478 e. The number of ether oxygens (including phenoxy) is 1. The first-order valence-electron chi connectivity index (χ1n) is 11.8. The molecule has 1 atom stereocenters. The van der Waals surface area contributed by atoms with Crippen LogP contribution in [-0.2, 0) is 15.0 Å². The lowest BCUT2D eigenvalue weighted by molar-refractivity contribution is -0.132. The first-order chi connectivity index (χ1) is 17.2. The van der Waals surface area contributed by atoms with E-state index in [1.54, 1.807) is 6.07 Å². The largest absolute Gasteiger partial charge is 0.478 e. The average Bonchev–Trinajstić information content (AvgIpc) is 2.76. The van der Waals surface area contributed by atoms with Gasteiger partial charge in [0.1, 0.15) is 6.61 Å². The number of nitrogens with one attached hydrogen (secondary N) is 1. The number of allylic oxidation sites excluding steroid dienone is 3. The van der Waals surface area contributed by atoms with E-state index in [-0.39, 0.29) is 47.6 Å². The monoisotopic (exact) mass is 527 g/mol. The van der Waals surface area contributed by atoms with E-state index in [4.69, 9.17) is 10.5 Å². The van der Waals surface area contributed by atoms with Gasteiger partial charge in [-0.2, -0.15) is 13.4 Å².